The molecule has 166 valence electrons. The summed E-state index contributed by atoms with van der Waals surface area (Å²) in [5, 5.41) is 5.54. The van der Waals surface area contributed by atoms with Gasteiger partial charge in [-0.15, -0.1) is 0 Å². The first kappa shape index (κ1) is 23.2. The van der Waals surface area contributed by atoms with Crippen LogP contribution in [0.3, 0.4) is 0 Å². The maximum atomic E-state index is 12.7. The molecule has 0 aliphatic rings. The van der Waals surface area contributed by atoms with Crippen molar-refractivity contribution < 1.29 is 17.9 Å². The predicted octanol–water partition coefficient (Wildman–Crippen LogP) is 4.24. The summed E-state index contributed by atoms with van der Waals surface area (Å²) in [6.07, 6.45) is 0. The Balaban J connectivity index is 1.63. The second-order valence-corrected chi connectivity index (χ2v) is 9.23. The average Bonchev–Trinajstić information content (AvgIpc) is 2.73. The molecular weight excluding hydrogens is 446 g/mol. The lowest BCUT2D eigenvalue weighted by molar-refractivity contribution is 0.0977. The van der Waals surface area contributed by atoms with Gasteiger partial charge in [-0.1, -0.05) is 6.07 Å². The van der Waals surface area contributed by atoms with Crippen LogP contribution in [-0.2, 0) is 10.0 Å². The minimum absolute atomic E-state index is 0.0924. The number of amides is 1. The molecule has 0 heterocycles. The minimum atomic E-state index is -3.74. The van der Waals surface area contributed by atoms with Gasteiger partial charge in [-0.2, -0.15) is 0 Å². The van der Waals surface area contributed by atoms with Crippen molar-refractivity contribution in [2.75, 3.05) is 17.1 Å². The first-order valence-corrected chi connectivity index (χ1v) is 11.5. The number of carbonyl (C=O) groups excluding carboxylic acids is 1. The second kappa shape index (κ2) is 9.80. The number of ether oxygens (including phenoxy) is 1. The van der Waals surface area contributed by atoms with Crippen molar-refractivity contribution >= 4 is 44.6 Å². The van der Waals surface area contributed by atoms with Crippen LogP contribution in [0.5, 0.6) is 5.75 Å². The Kier molecular flexibility index (Phi) is 7.12. The van der Waals surface area contributed by atoms with Gasteiger partial charge in [0.2, 0.25) is 0 Å². The van der Waals surface area contributed by atoms with E-state index in [9.17, 15) is 13.2 Å². The molecule has 0 aliphatic heterocycles. The SMILES string of the molecule is COc1ccc(C(=O)NC(=S)Nc2ccc(S(=O)(=O)Nc3cc(C)cc(C)c3)cc2)cc1. The van der Waals surface area contributed by atoms with Gasteiger partial charge in [0.25, 0.3) is 15.9 Å². The number of rotatable bonds is 6. The molecular formula is C23H23N3O4S2. The Hall–Kier alpha value is -3.43. The molecule has 3 aromatic carbocycles. The van der Waals surface area contributed by atoms with Crippen LogP contribution >= 0.6 is 12.2 Å². The molecule has 9 heteroatoms. The van der Waals surface area contributed by atoms with Gasteiger partial charge in [0.1, 0.15) is 5.75 Å². The van der Waals surface area contributed by atoms with Gasteiger partial charge < -0.3 is 10.1 Å². The van der Waals surface area contributed by atoms with Crippen LogP contribution in [0.25, 0.3) is 0 Å². The van der Waals surface area contributed by atoms with E-state index in [0.717, 1.165) is 11.1 Å². The fourth-order valence-corrected chi connectivity index (χ4v) is 4.30. The minimum Gasteiger partial charge on any atom is -0.497 e. The van der Waals surface area contributed by atoms with E-state index in [1.807, 2.05) is 19.9 Å². The second-order valence-electron chi connectivity index (χ2n) is 7.14. The lowest BCUT2D eigenvalue weighted by Gasteiger charge is -2.12. The number of thiocarbonyl (C=S) groups is 1. The Morgan fingerprint density at radius 3 is 2.03 bits per heavy atom. The summed E-state index contributed by atoms with van der Waals surface area (Å²) in [7, 11) is -2.20. The smallest absolute Gasteiger partial charge is 0.261 e. The molecule has 0 aromatic heterocycles. The van der Waals surface area contributed by atoms with Crippen LogP contribution in [-0.4, -0.2) is 26.5 Å². The third-order valence-corrected chi connectivity index (χ3v) is 6.08. The van der Waals surface area contributed by atoms with Crippen molar-refractivity contribution in [2.45, 2.75) is 18.7 Å². The van der Waals surface area contributed by atoms with Gasteiger partial charge in [-0.3, -0.25) is 14.8 Å². The van der Waals surface area contributed by atoms with Gasteiger partial charge in [-0.25, -0.2) is 8.42 Å². The molecule has 0 unspecified atom stereocenters. The molecule has 0 radical (unpaired) electrons. The normalized spacial score (nSPS) is 10.8. The summed E-state index contributed by atoms with van der Waals surface area (Å²) in [5.74, 6) is 0.270. The first-order chi connectivity index (χ1) is 15.2. The number of hydrogen-bond acceptors (Lipinski definition) is 5. The molecule has 0 spiro atoms. The Bertz CT molecular complexity index is 1220. The molecule has 3 rings (SSSR count). The van der Waals surface area contributed by atoms with Crippen molar-refractivity contribution in [3.05, 3.63) is 83.4 Å². The molecule has 32 heavy (non-hydrogen) atoms. The fourth-order valence-electron chi connectivity index (χ4n) is 3.05. The van der Waals surface area contributed by atoms with Crippen molar-refractivity contribution in [3.8, 4) is 5.75 Å². The van der Waals surface area contributed by atoms with Crippen LogP contribution in [0, 0.1) is 13.8 Å². The largest absolute Gasteiger partial charge is 0.497 e. The Labute approximate surface area is 192 Å². The first-order valence-electron chi connectivity index (χ1n) is 9.64. The van der Waals surface area contributed by atoms with Crippen molar-refractivity contribution in [1.29, 1.82) is 0 Å². The van der Waals surface area contributed by atoms with Gasteiger partial charge in [-0.05, 0) is 97.9 Å². The molecule has 0 saturated heterocycles. The molecule has 7 nitrogen and oxygen atoms in total. The number of hydrogen-bond donors (Lipinski definition) is 3. The zero-order chi connectivity index (χ0) is 23.3. The van der Waals surface area contributed by atoms with E-state index in [1.54, 1.807) is 55.6 Å². The molecule has 0 saturated carbocycles. The van der Waals surface area contributed by atoms with E-state index in [0.29, 0.717) is 22.7 Å². The van der Waals surface area contributed by atoms with E-state index in [1.165, 1.54) is 12.1 Å². The van der Waals surface area contributed by atoms with E-state index in [2.05, 4.69) is 15.4 Å². The lowest BCUT2D eigenvalue weighted by Crippen LogP contribution is -2.34. The highest BCUT2D eigenvalue weighted by Gasteiger charge is 2.15. The average molecular weight is 470 g/mol. The van der Waals surface area contributed by atoms with Crippen molar-refractivity contribution in [3.63, 3.8) is 0 Å². The van der Waals surface area contributed by atoms with Crippen LogP contribution in [0.4, 0.5) is 11.4 Å². The molecule has 0 aliphatic carbocycles. The van der Waals surface area contributed by atoms with Gasteiger partial charge in [0.05, 0.1) is 12.0 Å². The maximum absolute atomic E-state index is 12.7. The predicted molar refractivity (Wildman–Crippen MR) is 130 cm³/mol. The summed E-state index contributed by atoms with van der Waals surface area (Å²) in [6, 6.07) is 18.2. The summed E-state index contributed by atoms with van der Waals surface area (Å²) < 4.78 is 33.0. The highest BCUT2D eigenvalue weighted by molar-refractivity contribution is 7.92. The van der Waals surface area contributed by atoms with Gasteiger partial charge in [0.15, 0.2) is 5.11 Å². The topological polar surface area (TPSA) is 96.5 Å². The quantitative estimate of drug-likeness (QED) is 0.468. The van der Waals surface area contributed by atoms with Crippen molar-refractivity contribution in [1.82, 2.24) is 5.32 Å². The third kappa shape index (κ3) is 6.05. The number of methoxy groups -OCH3 is 1. The van der Waals surface area contributed by atoms with E-state index in [4.69, 9.17) is 17.0 Å². The van der Waals surface area contributed by atoms with Crippen LogP contribution < -0.4 is 20.1 Å². The zero-order valence-electron chi connectivity index (χ0n) is 17.8. The number of carbonyl (C=O) groups is 1. The number of anilines is 2. The number of nitrogens with one attached hydrogen (secondary N) is 3. The van der Waals surface area contributed by atoms with Crippen molar-refractivity contribution in [2.24, 2.45) is 0 Å². The Morgan fingerprint density at radius 2 is 1.47 bits per heavy atom. The summed E-state index contributed by atoms with van der Waals surface area (Å²) >= 11 is 5.18. The standard InChI is InChI=1S/C23H23N3O4S2/c1-15-12-16(2)14-19(13-15)26-32(28,29)21-10-6-18(7-11-21)24-23(31)25-22(27)17-4-8-20(30-3)9-5-17/h4-14,26H,1-3H3,(H2,24,25,27,31). The third-order valence-electron chi connectivity index (χ3n) is 4.48. The van der Waals surface area contributed by atoms with Crippen LogP contribution in [0.1, 0.15) is 21.5 Å². The molecule has 0 bridgehead atoms. The monoisotopic (exact) mass is 469 g/mol. The fraction of sp³-hybridized carbons (Fsp3) is 0.130. The lowest BCUT2D eigenvalue weighted by atomic mass is 10.1. The van der Waals surface area contributed by atoms with Gasteiger partial charge in [0, 0.05) is 16.9 Å². The molecule has 3 aromatic rings. The van der Waals surface area contributed by atoms with E-state index < -0.39 is 10.0 Å². The molecule has 0 fully saturated rings. The summed E-state index contributed by atoms with van der Waals surface area (Å²) in [5.41, 5.74) is 3.40. The highest BCUT2D eigenvalue weighted by Crippen LogP contribution is 2.20. The number of benzene rings is 3. The van der Waals surface area contributed by atoms with E-state index >= 15 is 0 Å². The van der Waals surface area contributed by atoms with Gasteiger partial charge >= 0.3 is 0 Å². The molecule has 1 amide bonds. The number of sulfonamides is 1. The van der Waals surface area contributed by atoms with Crippen LogP contribution in [0.2, 0.25) is 0 Å². The summed E-state index contributed by atoms with van der Waals surface area (Å²) in [6.45, 7) is 3.81. The Morgan fingerprint density at radius 1 is 0.875 bits per heavy atom. The zero-order valence-corrected chi connectivity index (χ0v) is 19.4. The highest BCUT2D eigenvalue weighted by atomic mass is 32.2. The maximum Gasteiger partial charge on any atom is 0.261 e. The van der Waals surface area contributed by atoms with Crippen LogP contribution in [0.15, 0.2) is 71.6 Å². The number of aryl methyl sites for hydroxylation is 2. The van der Waals surface area contributed by atoms with E-state index in [-0.39, 0.29) is 15.9 Å². The molecule has 0 atom stereocenters. The molecule has 3 N–H and O–H groups in total. The summed E-state index contributed by atoms with van der Waals surface area (Å²) in [4.78, 5) is 12.4.